The fourth-order valence-corrected chi connectivity index (χ4v) is 2.11. The number of hydrogen-bond acceptors (Lipinski definition) is 1. The Morgan fingerprint density at radius 2 is 2.13 bits per heavy atom. The fraction of sp³-hybridized carbons (Fsp3) is 0.462. The quantitative estimate of drug-likeness (QED) is 0.594. The van der Waals surface area contributed by atoms with Crippen LogP contribution in [0.25, 0.3) is 0 Å². The van der Waals surface area contributed by atoms with Crippen molar-refractivity contribution in [3.05, 3.63) is 29.3 Å². The van der Waals surface area contributed by atoms with Crippen LogP contribution < -0.4 is 5.73 Å². The van der Waals surface area contributed by atoms with E-state index in [1.54, 1.807) is 0 Å². The molecule has 2 nitrogen and oxygen atoms in total. The lowest BCUT2D eigenvalue weighted by Gasteiger charge is -2.02. The number of rotatable bonds is 3. The maximum atomic E-state index is 5.81. The highest BCUT2D eigenvalue weighted by Gasteiger charge is 2.10. The van der Waals surface area contributed by atoms with Gasteiger partial charge in [-0.2, -0.15) is 0 Å². The minimum atomic E-state index is 0.746. The third-order valence-corrected chi connectivity index (χ3v) is 2.86. The van der Waals surface area contributed by atoms with E-state index >= 15 is 0 Å². The van der Waals surface area contributed by atoms with E-state index in [0.717, 1.165) is 24.4 Å². The van der Waals surface area contributed by atoms with Crippen LogP contribution in [0.1, 0.15) is 37.3 Å². The molecule has 1 aromatic rings. The molecule has 0 saturated carbocycles. The van der Waals surface area contributed by atoms with Gasteiger partial charge in [0.1, 0.15) is 0 Å². The average Bonchev–Trinajstić information content (AvgIpc) is 2.65. The van der Waals surface area contributed by atoms with Crippen molar-refractivity contribution in [1.29, 1.82) is 0 Å². The summed E-state index contributed by atoms with van der Waals surface area (Å²) in [6.07, 6.45) is 5.65. The molecular formula is C13H18N2. The minimum absolute atomic E-state index is 0.746. The average molecular weight is 202 g/mol. The van der Waals surface area contributed by atoms with Crippen LogP contribution in [-0.2, 0) is 12.8 Å². The molecule has 80 valence electrons. The van der Waals surface area contributed by atoms with Gasteiger partial charge in [0.2, 0.25) is 0 Å². The Balaban J connectivity index is 2.19. The number of aliphatic imine (C=N–C) groups is 1. The van der Waals surface area contributed by atoms with Crippen LogP contribution in [0.3, 0.4) is 0 Å². The zero-order valence-corrected chi connectivity index (χ0v) is 9.29. The summed E-state index contributed by atoms with van der Waals surface area (Å²) in [4.78, 5) is 4.42. The van der Waals surface area contributed by atoms with Crippen LogP contribution in [0, 0.1) is 0 Å². The second-order valence-corrected chi connectivity index (χ2v) is 4.16. The van der Waals surface area contributed by atoms with Gasteiger partial charge in [-0.05, 0) is 48.9 Å². The molecule has 0 amide bonds. The molecule has 2 N–H and O–H groups in total. The number of fused-ring (bicyclic) bond motifs is 1. The predicted molar refractivity (Wildman–Crippen MR) is 64.7 cm³/mol. The largest absolute Gasteiger partial charge is 0.387 e. The predicted octanol–water partition coefficient (Wildman–Crippen LogP) is 2.96. The van der Waals surface area contributed by atoms with Gasteiger partial charge in [0.25, 0.3) is 0 Å². The lowest BCUT2D eigenvalue weighted by Crippen LogP contribution is -2.09. The van der Waals surface area contributed by atoms with E-state index < -0.39 is 0 Å². The third-order valence-electron chi connectivity index (χ3n) is 2.86. The normalized spacial score (nSPS) is 15.4. The van der Waals surface area contributed by atoms with Crippen molar-refractivity contribution < 1.29 is 0 Å². The van der Waals surface area contributed by atoms with Crippen LogP contribution >= 0.6 is 0 Å². The van der Waals surface area contributed by atoms with Gasteiger partial charge in [-0.15, -0.1) is 0 Å². The van der Waals surface area contributed by atoms with Gasteiger partial charge in [0, 0.05) is 6.42 Å². The molecule has 0 saturated heterocycles. The summed E-state index contributed by atoms with van der Waals surface area (Å²) >= 11 is 0. The molecule has 0 aromatic heterocycles. The van der Waals surface area contributed by atoms with E-state index in [1.807, 2.05) is 0 Å². The SMILES string of the molecule is CCCC(N)=Nc1ccc2c(c1)CCC2. The van der Waals surface area contributed by atoms with E-state index in [1.165, 1.54) is 30.4 Å². The fourth-order valence-electron chi connectivity index (χ4n) is 2.11. The smallest absolute Gasteiger partial charge is 0.0996 e. The summed E-state index contributed by atoms with van der Waals surface area (Å²) in [7, 11) is 0. The molecule has 0 aliphatic heterocycles. The molecule has 1 aromatic carbocycles. The molecule has 0 unspecified atom stereocenters. The summed E-state index contributed by atoms with van der Waals surface area (Å²) in [5.41, 5.74) is 9.77. The van der Waals surface area contributed by atoms with Gasteiger partial charge in [-0.1, -0.05) is 13.0 Å². The highest BCUT2D eigenvalue weighted by atomic mass is 14.9. The Labute approximate surface area is 91.2 Å². The third kappa shape index (κ3) is 2.38. The van der Waals surface area contributed by atoms with Crippen molar-refractivity contribution in [2.24, 2.45) is 10.7 Å². The van der Waals surface area contributed by atoms with Crippen LogP contribution in [-0.4, -0.2) is 5.84 Å². The molecule has 0 spiro atoms. The van der Waals surface area contributed by atoms with Crippen LogP contribution in [0.5, 0.6) is 0 Å². The Kier molecular flexibility index (Phi) is 3.05. The Bertz CT molecular complexity index is 380. The first-order valence-corrected chi connectivity index (χ1v) is 5.74. The summed E-state index contributed by atoms with van der Waals surface area (Å²) in [6.45, 7) is 2.12. The number of nitrogens with two attached hydrogens (primary N) is 1. The Morgan fingerprint density at radius 3 is 2.93 bits per heavy atom. The molecule has 0 fully saturated rings. The van der Waals surface area contributed by atoms with Crippen LogP contribution in [0.2, 0.25) is 0 Å². The van der Waals surface area contributed by atoms with Gasteiger partial charge in [0.15, 0.2) is 0 Å². The maximum absolute atomic E-state index is 5.81. The van der Waals surface area contributed by atoms with Crippen molar-refractivity contribution in [2.45, 2.75) is 39.0 Å². The van der Waals surface area contributed by atoms with E-state index in [4.69, 9.17) is 5.73 Å². The maximum Gasteiger partial charge on any atom is 0.0996 e. The molecule has 1 aliphatic rings. The highest BCUT2D eigenvalue weighted by molar-refractivity contribution is 5.83. The van der Waals surface area contributed by atoms with E-state index in [-0.39, 0.29) is 0 Å². The van der Waals surface area contributed by atoms with Gasteiger partial charge in [0.05, 0.1) is 11.5 Å². The van der Waals surface area contributed by atoms with Gasteiger partial charge in [-0.3, -0.25) is 0 Å². The lowest BCUT2D eigenvalue weighted by molar-refractivity contribution is 0.912. The van der Waals surface area contributed by atoms with Crippen LogP contribution in [0.15, 0.2) is 23.2 Å². The first kappa shape index (κ1) is 10.2. The number of benzene rings is 1. The van der Waals surface area contributed by atoms with Crippen molar-refractivity contribution >= 4 is 11.5 Å². The summed E-state index contributed by atoms with van der Waals surface area (Å²) in [5, 5.41) is 0. The first-order chi connectivity index (χ1) is 7.29. The standard InChI is InChI=1S/C13H18N2/c1-2-4-13(14)15-12-8-7-10-5-3-6-11(10)9-12/h7-9H,2-6H2,1H3,(H2,14,15). The molecule has 0 atom stereocenters. The van der Waals surface area contributed by atoms with Gasteiger partial charge in [-0.25, -0.2) is 4.99 Å². The summed E-state index contributed by atoms with van der Waals surface area (Å²) < 4.78 is 0. The number of amidine groups is 1. The lowest BCUT2D eigenvalue weighted by atomic mass is 10.1. The van der Waals surface area contributed by atoms with Crippen molar-refractivity contribution in [3.63, 3.8) is 0 Å². The molecule has 1 aliphatic carbocycles. The van der Waals surface area contributed by atoms with E-state index in [9.17, 15) is 0 Å². The Morgan fingerprint density at radius 1 is 1.33 bits per heavy atom. The molecule has 15 heavy (non-hydrogen) atoms. The van der Waals surface area contributed by atoms with Crippen molar-refractivity contribution in [1.82, 2.24) is 0 Å². The molecule has 2 rings (SSSR count). The van der Waals surface area contributed by atoms with Gasteiger partial charge >= 0.3 is 0 Å². The van der Waals surface area contributed by atoms with Crippen molar-refractivity contribution in [3.8, 4) is 0 Å². The van der Waals surface area contributed by atoms with Crippen LogP contribution in [0.4, 0.5) is 5.69 Å². The molecule has 0 heterocycles. The second kappa shape index (κ2) is 4.47. The monoisotopic (exact) mass is 202 g/mol. The van der Waals surface area contributed by atoms with E-state index in [2.05, 4.69) is 30.1 Å². The number of hydrogen-bond donors (Lipinski definition) is 1. The second-order valence-electron chi connectivity index (χ2n) is 4.16. The molecule has 2 heteroatoms. The topological polar surface area (TPSA) is 38.4 Å². The van der Waals surface area contributed by atoms with Gasteiger partial charge < -0.3 is 5.73 Å². The zero-order chi connectivity index (χ0) is 10.7. The van der Waals surface area contributed by atoms with Crippen molar-refractivity contribution in [2.75, 3.05) is 0 Å². The Hall–Kier alpha value is -1.31. The summed E-state index contributed by atoms with van der Waals surface area (Å²) in [6, 6.07) is 6.46. The van der Waals surface area contributed by atoms with E-state index in [0.29, 0.717) is 0 Å². The molecule has 0 bridgehead atoms. The minimum Gasteiger partial charge on any atom is -0.387 e. The number of aryl methyl sites for hydroxylation is 2. The zero-order valence-electron chi connectivity index (χ0n) is 9.29. The molecule has 0 radical (unpaired) electrons. The first-order valence-electron chi connectivity index (χ1n) is 5.74. The highest BCUT2D eigenvalue weighted by Crippen LogP contribution is 2.26. The number of nitrogens with zero attached hydrogens (tertiary/aromatic N) is 1. The summed E-state index contributed by atoms with van der Waals surface area (Å²) in [5.74, 6) is 0.746. The molecular weight excluding hydrogens is 184 g/mol.